The lowest BCUT2D eigenvalue weighted by Gasteiger charge is -2.09. The first-order valence-corrected chi connectivity index (χ1v) is 6.84. The van der Waals surface area contributed by atoms with Gasteiger partial charge < -0.3 is 10.5 Å². The first kappa shape index (κ1) is 13.7. The van der Waals surface area contributed by atoms with Gasteiger partial charge in [-0.1, -0.05) is 17.7 Å². The van der Waals surface area contributed by atoms with Crippen LogP contribution in [0.4, 0.5) is 10.3 Å². The van der Waals surface area contributed by atoms with E-state index in [2.05, 4.69) is 4.98 Å². The van der Waals surface area contributed by atoms with Gasteiger partial charge in [0.15, 0.2) is 0 Å². The molecule has 1 aromatic heterocycles. The van der Waals surface area contributed by atoms with Crippen LogP contribution in [-0.2, 0) is 0 Å². The highest BCUT2D eigenvalue weighted by Gasteiger charge is 2.13. The average molecular weight is 306 g/mol. The molecule has 0 aliphatic carbocycles. The van der Waals surface area contributed by atoms with Gasteiger partial charge in [0.1, 0.15) is 11.6 Å². The van der Waals surface area contributed by atoms with Gasteiger partial charge in [0.2, 0.25) is 5.95 Å². The van der Waals surface area contributed by atoms with Crippen molar-refractivity contribution >= 4 is 28.6 Å². The Labute approximate surface area is 125 Å². The number of benzene rings is 2. The monoisotopic (exact) mass is 305 g/mol. The Morgan fingerprint density at radius 3 is 2.90 bits per heavy atom. The first-order valence-electron chi connectivity index (χ1n) is 6.46. The molecule has 0 bridgehead atoms. The minimum Gasteiger partial charge on any atom is -0.494 e. The van der Waals surface area contributed by atoms with Crippen LogP contribution in [0.5, 0.6) is 5.75 Å². The number of halogens is 2. The number of ether oxygens (including phenoxy) is 1. The highest BCUT2D eigenvalue weighted by atomic mass is 35.5. The molecule has 0 amide bonds. The second kappa shape index (κ2) is 5.26. The Bertz CT molecular complexity index is 816. The van der Waals surface area contributed by atoms with Gasteiger partial charge in [0.25, 0.3) is 0 Å². The second-order valence-corrected chi connectivity index (χ2v) is 4.90. The van der Waals surface area contributed by atoms with Crippen LogP contribution in [0.3, 0.4) is 0 Å². The molecule has 0 aliphatic heterocycles. The van der Waals surface area contributed by atoms with Crippen LogP contribution in [-0.4, -0.2) is 16.2 Å². The standard InChI is InChI=1S/C15H13ClFN3O/c1-2-21-10-5-3-4-9(6-10)20-14-8-12(17)11(16)7-13(14)19-15(20)18/h3-8H,2H2,1H3,(H2,18,19). The van der Waals surface area contributed by atoms with Gasteiger partial charge in [0.05, 0.1) is 28.4 Å². The predicted molar refractivity (Wildman–Crippen MR) is 81.6 cm³/mol. The van der Waals surface area contributed by atoms with Gasteiger partial charge in [-0.15, -0.1) is 0 Å². The van der Waals surface area contributed by atoms with Crippen molar-refractivity contribution < 1.29 is 9.13 Å². The summed E-state index contributed by atoms with van der Waals surface area (Å²) in [4.78, 5) is 4.22. The van der Waals surface area contributed by atoms with E-state index in [9.17, 15) is 4.39 Å². The average Bonchev–Trinajstić information content (AvgIpc) is 2.75. The Morgan fingerprint density at radius 2 is 2.14 bits per heavy atom. The number of aromatic nitrogens is 2. The predicted octanol–water partition coefficient (Wildman–Crippen LogP) is 3.80. The lowest BCUT2D eigenvalue weighted by atomic mass is 10.2. The van der Waals surface area contributed by atoms with Crippen molar-refractivity contribution in [3.63, 3.8) is 0 Å². The van der Waals surface area contributed by atoms with Gasteiger partial charge in [-0.25, -0.2) is 9.37 Å². The Kier molecular flexibility index (Phi) is 3.43. The number of anilines is 1. The number of hydrogen-bond acceptors (Lipinski definition) is 3. The fourth-order valence-electron chi connectivity index (χ4n) is 2.24. The van der Waals surface area contributed by atoms with Gasteiger partial charge >= 0.3 is 0 Å². The van der Waals surface area contributed by atoms with E-state index < -0.39 is 5.82 Å². The zero-order valence-corrected chi connectivity index (χ0v) is 12.1. The van der Waals surface area contributed by atoms with Gasteiger partial charge in [-0.05, 0) is 25.1 Å². The number of fused-ring (bicyclic) bond motifs is 1. The van der Waals surface area contributed by atoms with E-state index in [4.69, 9.17) is 22.1 Å². The molecule has 0 aliphatic rings. The Morgan fingerprint density at radius 1 is 1.33 bits per heavy atom. The van der Waals surface area contributed by atoms with E-state index in [1.165, 1.54) is 12.1 Å². The smallest absolute Gasteiger partial charge is 0.205 e. The SMILES string of the molecule is CCOc1cccc(-n2c(N)nc3cc(Cl)c(F)cc32)c1. The number of nitrogen functional groups attached to an aromatic ring is 1. The Hall–Kier alpha value is -2.27. The van der Waals surface area contributed by atoms with Crippen molar-refractivity contribution in [2.24, 2.45) is 0 Å². The molecule has 0 saturated carbocycles. The molecule has 0 fully saturated rings. The van der Waals surface area contributed by atoms with Crippen LogP contribution in [0.15, 0.2) is 36.4 Å². The Balaban J connectivity index is 2.22. The van der Waals surface area contributed by atoms with E-state index in [0.29, 0.717) is 23.4 Å². The summed E-state index contributed by atoms with van der Waals surface area (Å²) in [6.45, 7) is 2.47. The molecule has 1 heterocycles. The lowest BCUT2D eigenvalue weighted by molar-refractivity contribution is 0.340. The quantitative estimate of drug-likeness (QED) is 0.801. The molecule has 3 aromatic rings. The van der Waals surface area contributed by atoms with Gasteiger partial charge in [0, 0.05) is 12.1 Å². The summed E-state index contributed by atoms with van der Waals surface area (Å²) in [5.74, 6) is 0.470. The molecule has 0 saturated heterocycles. The van der Waals surface area contributed by atoms with Crippen molar-refractivity contribution in [3.8, 4) is 11.4 Å². The maximum atomic E-state index is 13.7. The maximum Gasteiger partial charge on any atom is 0.205 e. The summed E-state index contributed by atoms with van der Waals surface area (Å²) in [5, 5.41) is 0.0233. The molecule has 3 rings (SSSR count). The van der Waals surface area contributed by atoms with Crippen LogP contribution in [0.2, 0.25) is 5.02 Å². The summed E-state index contributed by atoms with van der Waals surface area (Å²) < 4.78 is 20.8. The van der Waals surface area contributed by atoms with E-state index in [1.807, 2.05) is 31.2 Å². The maximum absolute atomic E-state index is 13.7. The molecule has 2 N–H and O–H groups in total. The molecule has 0 unspecified atom stereocenters. The van der Waals surface area contributed by atoms with Crippen molar-refractivity contribution in [2.45, 2.75) is 6.92 Å². The zero-order valence-electron chi connectivity index (χ0n) is 11.3. The minimum absolute atomic E-state index is 0.0233. The summed E-state index contributed by atoms with van der Waals surface area (Å²) >= 11 is 5.78. The number of imidazole rings is 1. The third-order valence-corrected chi connectivity index (χ3v) is 3.40. The molecular weight excluding hydrogens is 293 g/mol. The summed E-state index contributed by atoms with van der Waals surface area (Å²) in [6.07, 6.45) is 0. The largest absolute Gasteiger partial charge is 0.494 e. The molecule has 21 heavy (non-hydrogen) atoms. The normalized spacial score (nSPS) is 11.0. The van der Waals surface area contributed by atoms with E-state index >= 15 is 0 Å². The zero-order chi connectivity index (χ0) is 15.0. The molecular formula is C15H13ClFN3O. The van der Waals surface area contributed by atoms with Crippen molar-refractivity contribution in [3.05, 3.63) is 47.2 Å². The van der Waals surface area contributed by atoms with Gasteiger partial charge in [-0.2, -0.15) is 0 Å². The molecule has 108 valence electrons. The highest BCUT2D eigenvalue weighted by Crippen LogP contribution is 2.28. The number of hydrogen-bond donors (Lipinski definition) is 1. The summed E-state index contributed by atoms with van der Waals surface area (Å²) in [5.41, 5.74) is 7.81. The van der Waals surface area contributed by atoms with E-state index in [1.54, 1.807) is 4.57 Å². The molecule has 0 radical (unpaired) electrons. The molecule has 6 heteroatoms. The summed E-state index contributed by atoms with van der Waals surface area (Å²) in [7, 11) is 0. The highest BCUT2D eigenvalue weighted by molar-refractivity contribution is 6.31. The number of nitrogens with zero attached hydrogens (tertiary/aromatic N) is 2. The van der Waals surface area contributed by atoms with Crippen molar-refractivity contribution in [2.75, 3.05) is 12.3 Å². The third kappa shape index (κ3) is 2.40. The molecule has 0 spiro atoms. The molecule has 4 nitrogen and oxygen atoms in total. The van der Waals surface area contributed by atoms with Crippen LogP contribution in [0, 0.1) is 5.82 Å². The summed E-state index contributed by atoms with van der Waals surface area (Å²) in [6, 6.07) is 10.2. The fourth-order valence-corrected chi connectivity index (χ4v) is 2.40. The minimum atomic E-state index is -0.508. The van der Waals surface area contributed by atoms with Crippen molar-refractivity contribution in [1.29, 1.82) is 0 Å². The van der Waals surface area contributed by atoms with E-state index in [-0.39, 0.29) is 11.0 Å². The second-order valence-electron chi connectivity index (χ2n) is 4.49. The molecule has 0 atom stereocenters. The van der Waals surface area contributed by atoms with Crippen LogP contribution in [0.25, 0.3) is 16.7 Å². The van der Waals surface area contributed by atoms with Crippen LogP contribution in [0.1, 0.15) is 6.92 Å². The third-order valence-electron chi connectivity index (χ3n) is 3.11. The lowest BCUT2D eigenvalue weighted by Crippen LogP contribution is -2.01. The van der Waals surface area contributed by atoms with Crippen LogP contribution < -0.4 is 10.5 Å². The van der Waals surface area contributed by atoms with Crippen molar-refractivity contribution in [1.82, 2.24) is 9.55 Å². The van der Waals surface area contributed by atoms with E-state index in [0.717, 1.165) is 5.69 Å². The number of nitrogens with two attached hydrogens (primary N) is 1. The topological polar surface area (TPSA) is 53.1 Å². The van der Waals surface area contributed by atoms with Crippen LogP contribution >= 0.6 is 11.6 Å². The van der Waals surface area contributed by atoms with Gasteiger partial charge in [-0.3, -0.25) is 4.57 Å². The first-order chi connectivity index (χ1) is 10.1. The molecule has 2 aromatic carbocycles. The number of rotatable bonds is 3. The fraction of sp³-hybridized carbons (Fsp3) is 0.133.